The first kappa shape index (κ1) is 7.33. The number of rotatable bonds is 0. The van der Waals surface area contributed by atoms with Gasteiger partial charge in [0.15, 0.2) is 0 Å². The van der Waals surface area contributed by atoms with Crippen LogP contribution < -0.4 is 0 Å². The van der Waals surface area contributed by atoms with Crippen molar-refractivity contribution in [2.24, 2.45) is 23.2 Å². The van der Waals surface area contributed by atoms with Crippen LogP contribution >= 0.6 is 0 Å². The predicted molar refractivity (Wildman–Crippen MR) is 44.2 cm³/mol. The highest BCUT2D eigenvalue weighted by atomic mass is 16.1. The number of hydrogen-bond donors (Lipinski definition) is 0. The smallest absolute Gasteiger partial charge is 0.139 e. The number of fused-ring (bicyclic) bond motifs is 2. The standard InChI is InChI=1S/C10H16O/c1-6-4-10(3)5-8(6)9(11)7(10)2/h6-8H,4-5H2,1-3H3. The van der Waals surface area contributed by atoms with Gasteiger partial charge < -0.3 is 0 Å². The molecule has 4 unspecified atom stereocenters. The maximum Gasteiger partial charge on any atom is 0.139 e. The van der Waals surface area contributed by atoms with Crippen molar-refractivity contribution in [3.8, 4) is 0 Å². The summed E-state index contributed by atoms with van der Waals surface area (Å²) >= 11 is 0. The Morgan fingerprint density at radius 2 is 2.00 bits per heavy atom. The van der Waals surface area contributed by atoms with Crippen LogP contribution in [0.2, 0.25) is 0 Å². The molecule has 1 nitrogen and oxygen atoms in total. The summed E-state index contributed by atoms with van der Waals surface area (Å²) in [7, 11) is 0. The molecule has 2 saturated carbocycles. The van der Waals surface area contributed by atoms with Gasteiger partial charge in [0, 0.05) is 11.8 Å². The fourth-order valence-corrected chi connectivity index (χ4v) is 3.06. The second kappa shape index (κ2) is 1.88. The van der Waals surface area contributed by atoms with Gasteiger partial charge in [0.05, 0.1) is 0 Å². The SMILES string of the molecule is CC1CC2(C)CC1C(=O)C2C. The van der Waals surface area contributed by atoms with Crippen LogP contribution in [0.25, 0.3) is 0 Å². The van der Waals surface area contributed by atoms with Crippen LogP contribution in [-0.2, 0) is 4.79 Å². The zero-order chi connectivity index (χ0) is 8.22. The quantitative estimate of drug-likeness (QED) is 0.520. The van der Waals surface area contributed by atoms with E-state index in [1.807, 2.05) is 0 Å². The highest BCUT2D eigenvalue weighted by Gasteiger charge is 2.55. The molecule has 0 heterocycles. The summed E-state index contributed by atoms with van der Waals surface area (Å²) in [5.41, 5.74) is 0.362. The van der Waals surface area contributed by atoms with Gasteiger partial charge in [0.25, 0.3) is 0 Å². The summed E-state index contributed by atoms with van der Waals surface area (Å²) in [5.74, 6) is 1.94. The van der Waals surface area contributed by atoms with E-state index in [0.717, 1.165) is 6.42 Å². The van der Waals surface area contributed by atoms with Crippen molar-refractivity contribution in [3.63, 3.8) is 0 Å². The van der Waals surface area contributed by atoms with Crippen LogP contribution in [0.5, 0.6) is 0 Å². The number of Topliss-reactive ketones (excluding diaryl/α,β-unsaturated/α-hetero) is 1. The molecule has 0 aromatic heterocycles. The van der Waals surface area contributed by atoms with Crippen LogP contribution in [0.3, 0.4) is 0 Å². The number of carbonyl (C=O) groups excluding carboxylic acids is 1. The van der Waals surface area contributed by atoms with E-state index in [0.29, 0.717) is 29.0 Å². The molecule has 0 saturated heterocycles. The topological polar surface area (TPSA) is 17.1 Å². The Morgan fingerprint density at radius 3 is 2.36 bits per heavy atom. The lowest BCUT2D eigenvalue weighted by molar-refractivity contribution is -0.127. The van der Waals surface area contributed by atoms with Gasteiger partial charge in [-0.1, -0.05) is 20.8 Å². The van der Waals surface area contributed by atoms with E-state index in [9.17, 15) is 4.79 Å². The summed E-state index contributed by atoms with van der Waals surface area (Å²) < 4.78 is 0. The van der Waals surface area contributed by atoms with E-state index in [1.165, 1.54) is 6.42 Å². The average Bonchev–Trinajstić information content (AvgIpc) is 2.32. The average molecular weight is 152 g/mol. The van der Waals surface area contributed by atoms with Gasteiger partial charge in [-0.3, -0.25) is 4.79 Å². The van der Waals surface area contributed by atoms with Gasteiger partial charge in [-0.25, -0.2) is 0 Å². The molecule has 2 rings (SSSR count). The minimum Gasteiger partial charge on any atom is -0.299 e. The molecule has 0 N–H and O–H groups in total. The van der Waals surface area contributed by atoms with Gasteiger partial charge in [0.2, 0.25) is 0 Å². The van der Waals surface area contributed by atoms with Crippen molar-refractivity contribution in [2.45, 2.75) is 33.6 Å². The lowest BCUT2D eigenvalue weighted by Crippen LogP contribution is -2.30. The molecule has 1 heteroatoms. The van der Waals surface area contributed by atoms with E-state index in [4.69, 9.17) is 0 Å². The first-order valence-corrected chi connectivity index (χ1v) is 4.58. The van der Waals surface area contributed by atoms with E-state index in [2.05, 4.69) is 20.8 Å². The molecule has 2 aliphatic carbocycles. The Balaban J connectivity index is 2.34. The minimum absolute atomic E-state index is 0.337. The molecule has 2 fully saturated rings. The molecule has 0 aliphatic heterocycles. The third-order valence-corrected chi connectivity index (χ3v) is 4.00. The molecule has 11 heavy (non-hydrogen) atoms. The van der Waals surface area contributed by atoms with Crippen LogP contribution in [-0.4, -0.2) is 5.78 Å². The zero-order valence-corrected chi connectivity index (χ0v) is 7.55. The number of hydrogen-bond acceptors (Lipinski definition) is 1. The third-order valence-electron chi connectivity index (χ3n) is 4.00. The molecule has 62 valence electrons. The highest BCUT2D eigenvalue weighted by Crippen LogP contribution is 2.57. The summed E-state index contributed by atoms with van der Waals surface area (Å²) in [5, 5.41) is 0. The zero-order valence-electron chi connectivity index (χ0n) is 7.55. The van der Waals surface area contributed by atoms with Crippen molar-refractivity contribution in [1.29, 1.82) is 0 Å². The summed E-state index contributed by atoms with van der Waals surface area (Å²) in [4.78, 5) is 11.6. The van der Waals surface area contributed by atoms with Crippen molar-refractivity contribution < 1.29 is 4.79 Å². The number of carbonyl (C=O) groups is 1. The lowest BCUT2D eigenvalue weighted by atomic mass is 9.74. The molecule has 0 radical (unpaired) electrons. The summed E-state index contributed by atoms with van der Waals surface area (Å²) in [6.07, 6.45) is 2.43. The Bertz CT molecular complexity index is 209. The first-order valence-electron chi connectivity index (χ1n) is 4.58. The van der Waals surface area contributed by atoms with Crippen LogP contribution in [0.15, 0.2) is 0 Å². The van der Waals surface area contributed by atoms with Crippen molar-refractivity contribution in [3.05, 3.63) is 0 Å². The molecular formula is C10H16O. The fraction of sp³-hybridized carbons (Fsp3) is 0.900. The predicted octanol–water partition coefficient (Wildman–Crippen LogP) is 2.26. The summed E-state index contributed by atoms with van der Waals surface area (Å²) in [6, 6.07) is 0. The van der Waals surface area contributed by atoms with Gasteiger partial charge >= 0.3 is 0 Å². The minimum atomic E-state index is 0.337. The maximum absolute atomic E-state index is 11.6. The fourth-order valence-electron chi connectivity index (χ4n) is 3.06. The molecule has 0 spiro atoms. The van der Waals surface area contributed by atoms with Gasteiger partial charge in [0.1, 0.15) is 5.78 Å². The largest absolute Gasteiger partial charge is 0.299 e. The van der Waals surface area contributed by atoms with E-state index < -0.39 is 0 Å². The Labute approximate surface area is 68.2 Å². The second-order valence-electron chi connectivity index (χ2n) is 4.77. The van der Waals surface area contributed by atoms with E-state index in [1.54, 1.807) is 0 Å². The maximum atomic E-state index is 11.6. The van der Waals surface area contributed by atoms with Crippen molar-refractivity contribution in [2.75, 3.05) is 0 Å². The van der Waals surface area contributed by atoms with Crippen LogP contribution in [0, 0.1) is 23.2 Å². The Kier molecular flexibility index (Phi) is 1.25. The molecular weight excluding hydrogens is 136 g/mol. The van der Waals surface area contributed by atoms with E-state index in [-0.39, 0.29) is 0 Å². The molecule has 2 aliphatic rings. The molecule has 4 atom stereocenters. The molecule has 2 bridgehead atoms. The van der Waals surface area contributed by atoms with Crippen LogP contribution in [0.1, 0.15) is 33.6 Å². The van der Waals surface area contributed by atoms with Crippen LogP contribution in [0.4, 0.5) is 0 Å². The number of ketones is 1. The highest BCUT2D eigenvalue weighted by molar-refractivity contribution is 5.87. The van der Waals surface area contributed by atoms with E-state index >= 15 is 0 Å². The lowest BCUT2D eigenvalue weighted by Gasteiger charge is -2.29. The third kappa shape index (κ3) is 0.743. The molecule has 0 amide bonds. The second-order valence-corrected chi connectivity index (χ2v) is 4.77. The molecule has 0 aromatic carbocycles. The van der Waals surface area contributed by atoms with Gasteiger partial charge in [-0.2, -0.15) is 0 Å². The summed E-state index contributed by atoms with van der Waals surface area (Å²) in [6.45, 7) is 6.60. The van der Waals surface area contributed by atoms with Gasteiger partial charge in [-0.05, 0) is 24.2 Å². The molecule has 0 aromatic rings. The van der Waals surface area contributed by atoms with Crippen molar-refractivity contribution in [1.82, 2.24) is 0 Å². The van der Waals surface area contributed by atoms with Crippen molar-refractivity contribution >= 4 is 5.78 Å². The Morgan fingerprint density at radius 1 is 1.36 bits per heavy atom. The Hall–Kier alpha value is -0.330. The normalized spacial score (nSPS) is 55.5. The first-order chi connectivity index (χ1) is 5.04. The monoisotopic (exact) mass is 152 g/mol. The van der Waals surface area contributed by atoms with Gasteiger partial charge in [-0.15, -0.1) is 0 Å².